The van der Waals surface area contributed by atoms with Crippen LogP contribution in [-0.2, 0) is 0 Å². The molecule has 3 aromatic carbocycles. The zero-order valence-corrected chi connectivity index (χ0v) is 18.2. The first-order valence-corrected chi connectivity index (χ1v) is 10.4. The summed E-state index contributed by atoms with van der Waals surface area (Å²) in [4.78, 5) is 12.4. The van der Waals surface area contributed by atoms with E-state index in [0.717, 1.165) is 22.5 Å². The summed E-state index contributed by atoms with van der Waals surface area (Å²) in [7, 11) is 1.59. The molecule has 3 aromatic rings. The lowest BCUT2D eigenvalue weighted by Gasteiger charge is -2.28. The molecule has 0 bridgehead atoms. The molecule has 1 aliphatic rings. The number of nitrogens with one attached hydrogen (secondary N) is 3. The van der Waals surface area contributed by atoms with Crippen molar-refractivity contribution in [2.75, 3.05) is 17.7 Å². The number of amides is 2. The van der Waals surface area contributed by atoms with Gasteiger partial charge in [0.2, 0.25) is 0 Å². The van der Waals surface area contributed by atoms with E-state index in [4.69, 9.17) is 27.9 Å². The normalized spacial score (nSPS) is 16.2. The number of ether oxygens (including phenoxy) is 1. The van der Waals surface area contributed by atoms with Crippen LogP contribution in [0.4, 0.5) is 16.2 Å². The molecule has 8 heteroatoms. The van der Waals surface area contributed by atoms with Gasteiger partial charge in [-0.3, -0.25) is 0 Å². The Kier molecular flexibility index (Phi) is 6.30. The average molecular weight is 455 g/mol. The second-order valence-corrected chi connectivity index (χ2v) is 7.87. The standard InChI is InChI=1S/C23H20Cl2N4O2/c1-31-18-9-7-17(8-10-18)26-23(30)29-28-22-13-21(14-2-4-15(24)5-3-14)27-20-11-6-16(25)12-19(20)22/h2-12,21,27H,13H2,1H3,(H2,26,29,30). The molecule has 0 saturated heterocycles. The molecule has 0 radical (unpaired) electrons. The van der Waals surface area contributed by atoms with E-state index in [0.29, 0.717) is 27.9 Å². The van der Waals surface area contributed by atoms with Crippen molar-refractivity contribution in [1.82, 2.24) is 5.43 Å². The van der Waals surface area contributed by atoms with Gasteiger partial charge in [0.1, 0.15) is 5.75 Å². The molecule has 1 atom stereocenters. The van der Waals surface area contributed by atoms with Gasteiger partial charge in [-0.1, -0.05) is 35.3 Å². The minimum Gasteiger partial charge on any atom is -0.497 e. The summed E-state index contributed by atoms with van der Waals surface area (Å²) in [6.45, 7) is 0. The summed E-state index contributed by atoms with van der Waals surface area (Å²) >= 11 is 12.2. The van der Waals surface area contributed by atoms with Crippen LogP contribution in [0.2, 0.25) is 10.0 Å². The zero-order valence-electron chi connectivity index (χ0n) is 16.7. The molecular formula is C23H20Cl2N4O2. The number of methoxy groups -OCH3 is 1. The van der Waals surface area contributed by atoms with E-state index >= 15 is 0 Å². The molecule has 1 unspecified atom stereocenters. The lowest BCUT2D eigenvalue weighted by atomic mass is 9.92. The van der Waals surface area contributed by atoms with Crippen LogP contribution >= 0.6 is 23.2 Å². The molecular weight excluding hydrogens is 435 g/mol. The largest absolute Gasteiger partial charge is 0.497 e. The van der Waals surface area contributed by atoms with Crippen LogP contribution in [0.3, 0.4) is 0 Å². The maximum Gasteiger partial charge on any atom is 0.339 e. The van der Waals surface area contributed by atoms with Crippen molar-refractivity contribution in [3.63, 3.8) is 0 Å². The Hall–Kier alpha value is -3.22. The molecule has 1 aliphatic heterocycles. The Bertz CT molecular complexity index is 1120. The summed E-state index contributed by atoms with van der Waals surface area (Å²) in [6.07, 6.45) is 0.567. The fraction of sp³-hybridized carbons (Fsp3) is 0.130. The molecule has 2 amide bonds. The second-order valence-electron chi connectivity index (χ2n) is 7.00. The van der Waals surface area contributed by atoms with Gasteiger partial charge in [0.05, 0.1) is 18.9 Å². The molecule has 6 nitrogen and oxygen atoms in total. The van der Waals surface area contributed by atoms with Gasteiger partial charge in [-0.2, -0.15) is 5.10 Å². The van der Waals surface area contributed by atoms with E-state index in [1.807, 2.05) is 42.5 Å². The molecule has 0 aromatic heterocycles. The lowest BCUT2D eigenvalue weighted by molar-refractivity contribution is 0.252. The number of benzene rings is 3. The number of rotatable bonds is 4. The van der Waals surface area contributed by atoms with Crippen molar-refractivity contribution in [3.05, 3.63) is 87.9 Å². The maximum atomic E-state index is 12.4. The van der Waals surface area contributed by atoms with E-state index in [9.17, 15) is 4.79 Å². The van der Waals surface area contributed by atoms with Crippen molar-refractivity contribution in [2.45, 2.75) is 12.5 Å². The number of anilines is 2. The lowest BCUT2D eigenvalue weighted by Crippen LogP contribution is -2.29. The van der Waals surface area contributed by atoms with Gasteiger partial charge in [0.25, 0.3) is 0 Å². The van der Waals surface area contributed by atoms with Crippen LogP contribution in [0.15, 0.2) is 71.8 Å². The van der Waals surface area contributed by atoms with E-state index in [1.54, 1.807) is 31.4 Å². The molecule has 158 valence electrons. The molecule has 31 heavy (non-hydrogen) atoms. The van der Waals surface area contributed by atoms with Gasteiger partial charge in [-0.15, -0.1) is 0 Å². The van der Waals surface area contributed by atoms with Crippen molar-refractivity contribution < 1.29 is 9.53 Å². The number of hydrazone groups is 1. The Labute approximate surface area is 190 Å². The molecule has 1 heterocycles. The highest BCUT2D eigenvalue weighted by atomic mass is 35.5. The molecule has 3 N–H and O–H groups in total. The van der Waals surface area contributed by atoms with E-state index < -0.39 is 6.03 Å². The van der Waals surface area contributed by atoms with E-state index in [-0.39, 0.29) is 6.04 Å². The van der Waals surface area contributed by atoms with Gasteiger partial charge in [0.15, 0.2) is 0 Å². The first-order chi connectivity index (χ1) is 15.0. The molecule has 0 fully saturated rings. The van der Waals surface area contributed by atoms with Crippen LogP contribution in [0.5, 0.6) is 5.75 Å². The summed E-state index contributed by atoms with van der Waals surface area (Å²) in [5.74, 6) is 0.711. The number of hydrogen-bond donors (Lipinski definition) is 3. The fourth-order valence-electron chi connectivity index (χ4n) is 3.38. The van der Waals surface area contributed by atoms with Crippen LogP contribution in [0.25, 0.3) is 0 Å². The third kappa shape index (κ3) is 5.10. The molecule has 4 rings (SSSR count). The topological polar surface area (TPSA) is 74.8 Å². The summed E-state index contributed by atoms with van der Waals surface area (Å²) < 4.78 is 5.12. The SMILES string of the molecule is COc1ccc(NC(=O)NN=C2CC(c3ccc(Cl)cc3)Nc3ccc(Cl)cc32)cc1. The highest BCUT2D eigenvalue weighted by Gasteiger charge is 2.25. The first kappa shape index (κ1) is 21.0. The predicted molar refractivity (Wildman–Crippen MR) is 126 cm³/mol. The van der Waals surface area contributed by atoms with Crippen LogP contribution in [0, 0.1) is 0 Å². The Morgan fingerprint density at radius 3 is 2.45 bits per heavy atom. The Morgan fingerprint density at radius 2 is 1.74 bits per heavy atom. The minimum absolute atomic E-state index is 0.0175. The van der Waals surface area contributed by atoms with Crippen molar-refractivity contribution >= 4 is 46.3 Å². The summed E-state index contributed by atoms with van der Waals surface area (Å²) in [5, 5.41) is 11.9. The van der Waals surface area contributed by atoms with Crippen LogP contribution in [-0.4, -0.2) is 18.9 Å². The number of halogens is 2. The monoisotopic (exact) mass is 454 g/mol. The smallest absolute Gasteiger partial charge is 0.339 e. The molecule has 0 saturated carbocycles. The van der Waals surface area contributed by atoms with Gasteiger partial charge in [0, 0.05) is 33.4 Å². The van der Waals surface area contributed by atoms with Crippen LogP contribution in [0.1, 0.15) is 23.6 Å². The first-order valence-electron chi connectivity index (χ1n) is 9.61. The summed E-state index contributed by atoms with van der Waals surface area (Å²) in [6, 6.07) is 19.8. The maximum absolute atomic E-state index is 12.4. The highest BCUT2D eigenvalue weighted by molar-refractivity contribution is 6.31. The average Bonchev–Trinajstić information content (AvgIpc) is 2.78. The van der Waals surface area contributed by atoms with E-state index in [1.165, 1.54) is 0 Å². The van der Waals surface area contributed by atoms with Gasteiger partial charge < -0.3 is 15.4 Å². The van der Waals surface area contributed by atoms with Gasteiger partial charge in [-0.05, 0) is 60.2 Å². The van der Waals surface area contributed by atoms with Crippen molar-refractivity contribution in [3.8, 4) is 5.75 Å². The number of fused-ring (bicyclic) bond motifs is 1. The third-order valence-corrected chi connectivity index (χ3v) is 5.42. The predicted octanol–water partition coefficient (Wildman–Crippen LogP) is 6.08. The highest BCUT2D eigenvalue weighted by Crippen LogP contribution is 2.34. The van der Waals surface area contributed by atoms with E-state index in [2.05, 4.69) is 21.2 Å². The van der Waals surface area contributed by atoms with Crippen molar-refractivity contribution in [2.24, 2.45) is 5.10 Å². The molecule has 0 aliphatic carbocycles. The Morgan fingerprint density at radius 1 is 1.03 bits per heavy atom. The number of nitrogens with zero attached hydrogens (tertiary/aromatic N) is 1. The van der Waals surface area contributed by atoms with Crippen molar-refractivity contribution in [1.29, 1.82) is 0 Å². The third-order valence-electron chi connectivity index (χ3n) is 4.93. The zero-order chi connectivity index (χ0) is 21.8. The number of carbonyl (C=O) groups excluding carboxylic acids is 1. The second kappa shape index (κ2) is 9.29. The van der Waals surface area contributed by atoms with Gasteiger partial charge in [-0.25, -0.2) is 10.2 Å². The Balaban J connectivity index is 1.54. The molecule has 0 spiro atoms. The number of carbonyl (C=O) groups is 1. The fourth-order valence-corrected chi connectivity index (χ4v) is 3.68. The van der Waals surface area contributed by atoms with Gasteiger partial charge >= 0.3 is 6.03 Å². The van der Waals surface area contributed by atoms with Crippen LogP contribution < -0.4 is 20.8 Å². The summed E-state index contributed by atoms with van der Waals surface area (Å²) in [5.41, 5.74) is 6.75. The minimum atomic E-state index is -0.442. The quantitative estimate of drug-likeness (QED) is 0.417. The number of urea groups is 1. The number of hydrogen-bond acceptors (Lipinski definition) is 4.